The Morgan fingerprint density at radius 3 is 2.53 bits per heavy atom. The van der Waals surface area contributed by atoms with Gasteiger partial charge in [0.25, 0.3) is 0 Å². The molecule has 0 saturated carbocycles. The fourth-order valence-electron chi connectivity index (χ4n) is 2.41. The molecule has 3 aromatic carbocycles. The van der Waals surface area contributed by atoms with Crippen molar-refractivity contribution in [2.45, 2.75) is 11.5 Å². The van der Waals surface area contributed by atoms with E-state index in [-0.39, 0.29) is 11.7 Å². The Hall–Kier alpha value is -1.99. The quantitative estimate of drug-likeness (QED) is 0.206. The number of ether oxygens (including phenoxy) is 1. The van der Waals surface area contributed by atoms with Crippen LogP contribution >= 0.6 is 50.9 Å². The van der Waals surface area contributed by atoms with Crippen molar-refractivity contribution in [3.8, 4) is 5.75 Å². The molecule has 4 nitrogen and oxygen atoms in total. The summed E-state index contributed by atoms with van der Waals surface area (Å²) < 4.78 is 6.53. The number of benzene rings is 3. The molecule has 1 N–H and O–H groups in total. The number of hydrazone groups is 1. The lowest BCUT2D eigenvalue weighted by molar-refractivity contribution is -0.118. The van der Waals surface area contributed by atoms with Gasteiger partial charge in [-0.3, -0.25) is 4.79 Å². The number of rotatable bonds is 8. The summed E-state index contributed by atoms with van der Waals surface area (Å²) >= 11 is 17.1. The van der Waals surface area contributed by atoms with E-state index in [1.165, 1.54) is 18.0 Å². The van der Waals surface area contributed by atoms with Crippen LogP contribution in [0.2, 0.25) is 10.0 Å². The zero-order valence-corrected chi connectivity index (χ0v) is 19.6. The SMILES string of the molecule is O=C(CSc1ccc(Cl)cc1)N/N=C\c1cc(Cl)c(OCc2ccccc2)c(Br)c1. The van der Waals surface area contributed by atoms with Crippen molar-refractivity contribution in [3.63, 3.8) is 0 Å². The lowest BCUT2D eigenvalue weighted by Crippen LogP contribution is -2.19. The number of halogens is 3. The summed E-state index contributed by atoms with van der Waals surface area (Å²) in [5.41, 5.74) is 4.28. The van der Waals surface area contributed by atoms with Crippen LogP contribution in [0.4, 0.5) is 0 Å². The van der Waals surface area contributed by atoms with Gasteiger partial charge in [-0.1, -0.05) is 53.5 Å². The summed E-state index contributed by atoms with van der Waals surface area (Å²) in [7, 11) is 0. The van der Waals surface area contributed by atoms with Gasteiger partial charge in [0.2, 0.25) is 5.91 Å². The van der Waals surface area contributed by atoms with Crippen LogP contribution in [0.3, 0.4) is 0 Å². The number of carbonyl (C=O) groups is 1. The third-order valence-electron chi connectivity index (χ3n) is 3.83. The van der Waals surface area contributed by atoms with Crippen LogP contribution in [-0.2, 0) is 11.4 Å². The van der Waals surface area contributed by atoms with Gasteiger partial charge in [0, 0.05) is 9.92 Å². The largest absolute Gasteiger partial charge is 0.486 e. The normalized spacial score (nSPS) is 10.9. The molecule has 0 spiro atoms. The predicted molar refractivity (Wildman–Crippen MR) is 128 cm³/mol. The molecule has 154 valence electrons. The molecule has 0 radical (unpaired) electrons. The highest BCUT2D eigenvalue weighted by atomic mass is 79.9. The van der Waals surface area contributed by atoms with E-state index in [0.29, 0.717) is 26.9 Å². The number of hydrogen-bond acceptors (Lipinski definition) is 4. The molecule has 0 saturated heterocycles. The lowest BCUT2D eigenvalue weighted by atomic mass is 10.2. The van der Waals surface area contributed by atoms with E-state index >= 15 is 0 Å². The molecule has 0 atom stereocenters. The van der Waals surface area contributed by atoms with Crippen LogP contribution < -0.4 is 10.2 Å². The Bertz CT molecular complexity index is 1010. The van der Waals surface area contributed by atoms with E-state index in [0.717, 1.165) is 16.0 Å². The average molecular weight is 524 g/mol. The van der Waals surface area contributed by atoms with E-state index in [9.17, 15) is 4.79 Å². The minimum atomic E-state index is -0.209. The second-order valence-corrected chi connectivity index (χ2v) is 8.87. The molecule has 0 aliphatic carbocycles. The zero-order valence-electron chi connectivity index (χ0n) is 15.6. The van der Waals surface area contributed by atoms with E-state index in [1.54, 1.807) is 18.2 Å². The maximum Gasteiger partial charge on any atom is 0.250 e. The first-order chi connectivity index (χ1) is 14.5. The van der Waals surface area contributed by atoms with E-state index in [2.05, 4.69) is 26.5 Å². The molecule has 0 aliphatic rings. The minimum absolute atomic E-state index is 0.209. The number of nitrogens with zero attached hydrogens (tertiary/aromatic N) is 1. The summed E-state index contributed by atoms with van der Waals surface area (Å²) in [5, 5.41) is 5.11. The van der Waals surface area contributed by atoms with E-state index in [4.69, 9.17) is 27.9 Å². The highest BCUT2D eigenvalue weighted by molar-refractivity contribution is 9.10. The first kappa shape index (κ1) is 22.7. The maximum atomic E-state index is 12.0. The number of carbonyl (C=O) groups excluding carboxylic acids is 1. The summed E-state index contributed by atoms with van der Waals surface area (Å²) in [6.45, 7) is 0.411. The summed E-state index contributed by atoms with van der Waals surface area (Å²) in [5.74, 6) is 0.593. The first-order valence-corrected chi connectivity index (χ1v) is 11.4. The second kappa shape index (κ2) is 11.4. The van der Waals surface area contributed by atoms with Crippen molar-refractivity contribution < 1.29 is 9.53 Å². The zero-order chi connectivity index (χ0) is 21.3. The average Bonchev–Trinajstić information content (AvgIpc) is 2.73. The van der Waals surface area contributed by atoms with Crippen LogP contribution in [0.25, 0.3) is 0 Å². The molecule has 0 fully saturated rings. The van der Waals surface area contributed by atoms with Gasteiger partial charge in [-0.25, -0.2) is 5.43 Å². The van der Waals surface area contributed by atoms with Crippen molar-refractivity contribution in [1.82, 2.24) is 5.43 Å². The van der Waals surface area contributed by atoms with Crippen molar-refractivity contribution in [2.24, 2.45) is 5.10 Å². The molecular weight excluding hydrogens is 507 g/mol. The van der Waals surface area contributed by atoms with Crippen LogP contribution in [0.15, 0.2) is 81.2 Å². The predicted octanol–water partition coefficient (Wildman–Crippen LogP) is 6.58. The van der Waals surface area contributed by atoms with Crippen LogP contribution in [0, 0.1) is 0 Å². The third-order valence-corrected chi connectivity index (χ3v) is 5.97. The molecule has 0 unspecified atom stereocenters. The number of thioether (sulfide) groups is 1. The Balaban J connectivity index is 1.52. The molecule has 0 heterocycles. The van der Waals surface area contributed by atoms with Gasteiger partial charge in [0.05, 0.1) is 21.5 Å². The number of nitrogens with one attached hydrogen (secondary N) is 1. The first-order valence-electron chi connectivity index (χ1n) is 8.87. The lowest BCUT2D eigenvalue weighted by Gasteiger charge is -2.11. The molecule has 3 rings (SSSR count). The Morgan fingerprint density at radius 2 is 1.83 bits per heavy atom. The standard InChI is InChI=1S/C22H17BrCl2N2O2S/c23-19-10-16(11-20(25)22(19)29-13-15-4-2-1-3-5-15)12-26-27-21(28)14-30-18-8-6-17(24)7-9-18/h1-12H,13-14H2,(H,27,28)/b26-12-. The Labute approximate surface area is 197 Å². The molecule has 0 aromatic heterocycles. The highest BCUT2D eigenvalue weighted by Crippen LogP contribution is 2.34. The van der Waals surface area contributed by atoms with Crippen LogP contribution in [-0.4, -0.2) is 17.9 Å². The molecule has 30 heavy (non-hydrogen) atoms. The van der Waals surface area contributed by atoms with Gasteiger partial charge >= 0.3 is 0 Å². The minimum Gasteiger partial charge on any atom is -0.486 e. The summed E-state index contributed by atoms with van der Waals surface area (Å²) in [6.07, 6.45) is 1.53. The van der Waals surface area contributed by atoms with Crippen molar-refractivity contribution in [2.75, 3.05) is 5.75 Å². The van der Waals surface area contributed by atoms with E-state index in [1.807, 2.05) is 48.5 Å². The van der Waals surface area contributed by atoms with Gasteiger partial charge < -0.3 is 4.74 Å². The van der Waals surface area contributed by atoms with Gasteiger partial charge in [-0.05, 0) is 63.5 Å². The fraction of sp³-hybridized carbons (Fsp3) is 0.0909. The number of amides is 1. The molecule has 1 amide bonds. The molecule has 0 aliphatic heterocycles. The van der Waals surface area contributed by atoms with Gasteiger partial charge in [-0.2, -0.15) is 5.10 Å². The van der Waals surface area contributed by atoms with Crippen molar-refractivity contribution >= 4 is 63.0 Å². The molecule has 0 bridgehead atoms. The third kappa shape index (κ3) is 7.06. The monoisotopic (exact) mass is 522 g/mol. The Kier molecular flexibility index (Phi) is 8.63. The van der Waals surface area contributed by atoms with Crippen molar-refractivity contribution in [3.05, 3.63) is 92.4 Å². The van der Waals surface area contributed by atoms with E-state index < -0.39 is 0 Å². The molecular formula is C22H17BrCl2N2O2S. The summed E-state index contributed by atoms with van der Waals surface area (Å²) in [4.78, 5) is 12.9. The molecule has 3 aromatic rings. The van der Waals surface area contributed by atoms with Crippen molar-refractivity contribution in [1.29, 1.82) is 0 Å². The topological polar surface area (TPSA) is 50.7 Å². The molecule has 8 heteroatoms. The van der Waals surface area contributed by atoms with Crippen LogP contribution in [0.5, 0.6) is 5.75 Å². The smallest absolute Gasteiger partial charge is 0.250 e. The number of hydrogen-bond donors (Lipinski definition) is 1. The van der Waals surface area contributed by atoms with Gasteiger partial charge in [0.15, 0.2) is 5.75 Å². The second-order valence-electron chi connectivity index (χ2n) is 6.12. The van der Waals surface area contributed by atoms with Crippen LogP contribution in [0.1, 0.15) is 11.1 Å². The fourth-order valence-corrected chi connectivity index (χ4v) is 4.22. The van der Waals surface area contributed by atoms with Gasteiger partial charge in [0.1, 0.15) is 6.61 Å². The Morgan fingerprint density at radius 1 is 1.10 bits per heavy atom. The highest BCUT2D eigenvalue weighted by Gasteiger charge is 2.09. The summed E-state index contributed by atoms with van der Waals surface area (Å²) in [6, 6.07) is 20.7. The maximum absolute atomic E-state index is 12.0. The van der Waals surface area contributed by atoms with Gasteiger partial charge in [-0.15, -0.1) is 11.8 Å².